The fourth-order valence-corrected chi connectivity index (χ4v) is 1.88. The molecule has 0 aliphatic heterocycles. The van der Waals surface area contributed by atoms with E-state index < -0.39 is 0 Å². The minimum atomic E-state index is -0.0175. The number of anilines is 1. The lowest BCUT2D eigenvalue weighted by Crippen LogP contribution is -2.23. The van der Waals surface area contributed by atoms with Crippen molar-refractivity contribution in [1.29, 1.82) is 0 Å². The average Bonchev–Trinajstić information content (AvgIpc) is 2.32. The lowest BCUT2D eigenvalue weighted by Gasteiger charge is -2.14. The van der Waals surface area contributed by atoms with Gasteiger partial charge in [0.25, 0.3) is 0 Å². The third-order valence-corrected chi connectivity index (χ3v) is 2.82. The van der Waals surface area contributed by atoms with E-state index in [0.29, 0.717) is 5.82 Å². The van der Waals surface area contributed by atoms with Crippen molar-refractivity contribution in [2.45, 2.75) is 39.5 Å². The van der Waals surface area contributed by atoms with Gasteiger partial charge in [-0.05, 0) is 12.8 Å². The molecule has 0 bridgehead atoms. The Morgan fingerprint density at radius 3 is 2.41 bits per heavy atom. The van der Waals surface area contributed by atoms with Gasteiger partial charge in [0.1, 0.15) is 0 Å². The van der Waals surface area contributed by atoms with E-state index in [1.165, 1.54) is 12.4 Å². The van der Waals surface area contributed by atoms with Gasteiger partial charge in [0.2, 0.25) is 5.91 Å². The maximum absolute atomic E-state index is 12.0. The highest BCUT2D eigenvalue weighted by atomic mass is 35.5. The van der Waals surface area contributed by atoms with Crippen molar-refractivity contribution in [3.05, 3.63) is 17.5 Å². The Bertz CT molecular complexity index is 365. The van der Waals surface area contributed by atoms with E-state index >= 15 is 0 Å². The second-order valence-electron chi connectivity index (χ2n) is 3.96. The molecule has 0 saturated heterocycles. The van der Waals surface area contributed by atoms with Gasteiger partial charge in [0.05, 0.1) is 0 Å². The van der Waals surface area contributed by atoms with Crippen LogP contribution in [0.2, 0.25) is 5.15 Å². The van der Waals surface area contributed by atoms with Crippen molar-refractivity contribution < 1.29 is 4.79 Å². The van der Waals surface area contributed by atoms with Crippen LogP contribution in [-0.4, -0.2) is 15.9 Å². The summed E-state index contributed by atoms with van der Waals surface area (Å²) in [5, 5.41) is 2.96. The molecule has 0 aliphatic rings. The molecule has 0 spiro atoms. The molecule has 0 atom stereocenters. The van der Waals surface area contributed by atoms with Gasteiger partial charge < -0.3 is 5.32 Å². The molecule has 17 heavy (non-hydrogen) atoms. The summed E-state index contributed by atoms with van der Waals surface area (Å²) in [6.07, 6.45) is 6.76. The molecular formula is C12H18ClN3O. The molecule has 0 fully saturated rings. The molecule has 1 aromatic rings. The number of nitrogens with zero attached hydrogens (tertiary/aromatic N) is 2. The Balaban J connectivity index is 2.66. The topological polar surface area (TPSA) is 54.9 Å². The highest BCUT2D eigenvalue weighted by Crippen LogP contribution is 2.19. The molecule has 1 N–H and O–H groups in total. The quantitative estimate of drug-likeness (QED) is 0.849. The van der Waals surface area contributed by atoms with Crippen molar-refractivity contribution >= 4 is 23.3 Å². The second-order valence-corrected chi connectivity index (χ2v) is 4.32. The highest BCUT2D eigenvalue weighted by molar-refractivity contribution is 6.32. The smallest absolute Gasteiger partial charge is 0.228 e. The Labute approximate surface area is 107 Å². The maximum atomic E-state index is 12.0. The van der Waals surface area contributed by atoms with Crippen molar-refractivity contribution in [2.75, 3.05) is 5.32 Å². The standard InChI is InChI=1S/C12H18ClN3O/c1-3-5-9(6-4-2)12(17)16-11-10(13)14-7-8-15-11/h7-9H,3-6H2,1-2H3,(H,15,16,17). The van der Waals surface area contributed by atoms with Crippen LogP contribution in [0, 0.1) is 5.92 Å². The van der Waals surface area contributed by atoms with E-state index in [9.17, 15) is 4.79 Å². The predicted molar refractivity (Wildman–Crippen MR) is 69.0 cm³/mol. The van der Waals surface area contributed by atoms with Crippen LogP contribution in [0.1, 0.15) is 39.5 Å². The normalized spacial score (nSPS) is 10.6. The number of hydrogen-bond acceptors (Lipinski definition) is 3. The van der Waals surface area contributed by atoms with Gasteiger partial charge in [-0.2, -0.15) is 0 Å². The van der Waals surface area contributed by atoms with E-state index in [1.807, 2.05) is 0 Å². The van der Waals surface area contributed by atoms with Gasteiger partial charge in [-0.25, -0.2) is 9.97 Å². The zero-order chi connectivity index (χ0) is 12.7. The third kappa shape index (κ3) is 4.30. The fraction of sp³-hybridized carbons (Fsp3) is 0.583. The van der Waals surface area contributed by atoms with E-state index in [-0.39, 0.29) is 17.0 Å². The van der Waals surface area contributed by atoms with E-state index in [2.05, 4.69) is 29.1 Å². The SMILES string of the molecule is CCCC(CCC)C(=O)Nc1nccnc1Cl. The number of carbonyl (C=O) groups is 1. The molecule has 1 aromatic heterocycles. The summed E-state index contributed by atoms with van der Waals surface area (Å²) in [7, 11) is 0. The summed E-state index contributed by atoms with van der Waals surface area (Å²) in [6.45, 7) is 4.15. The fourth-order valence-electron chi connectivity index (χ4n) is 1.73. The predicted octanol–water partition coefficient (Wildman–Crippen LogP) is 3.28. The van der Waals surface area contributed by atoms with Crippen LogP contribution in [-0.2, 0) is 4.79 Å². The van der Waals surface area contributed by atoms with Crippen LogP contribution in [0.3, 0.4) is 0 Å². The first-order chi connectivity index (χ1) is 8.19. The van der Waals surface area contributed by atoms with Crippen molar-refractivity contribution in [1.82, 2.24) is 9.97 Å². The Kier molecular flexibility index (Phi) is 5.91. The molecule has 0 aromatic carbocycles. The van der Waals surface area contributed by atoms with Crippen LogP contribution < -0.4 is 5.32 Å². The number of aromatic nitrogens is 2. The van der Waals surface area contributed by atoms with Gasteiger partial charge in [-0.3, -0.25) is 4.79 Å². The summed E-state index contributed by atoms with van der Waals surface area (Å²) in [4.78, 5) is 19.9. The Morgan fingerprint density at radius 1 is 1.29 bits per heavy atom. The van der Waals surface area contributed by atoms with Gasteiger partial charge >= 0.3 is 0 Å². The van der Waals surface area contributed by atoms with E-state index in [1.54, 1.807) is 0 Å². The molecule has 94 valence electrons. The molecule has 4 nitrogen and oxygen atoms in total. The molecule has 0 unspecified atom stereocenters. The molecule has 1 rings (SSSR count). The molecule has 5 heteroatoms. The molecule has 1 heterocycles. The van der Waals surface area contributed by atoms with Gasteiger partial charge in [0, 0.05) is 18.3 Å². The van der Waals surface area contributed by atoms with E-state index in [4.69, 9.17) is 11.6 Å². The summed E-state index contributed by atoms with van der Waals surface area (Å²) in [5.74, 6) is 0.357. The van der Waals surface area contributed by atoms with Crippen LogP contribution in [0.15, 0.2) is 12.4 Å². The third-order valence-electron chi connectivity index (χ3n) is 2.54. The average molecular weight is 256 g/mol. The molecule has 1 amide bonds. The number of hydrogen-bond donors (Lipinski definition) is 1. The van der Waals surface area contributed by atoms with Crippen molar-refractivity contribution in [3.8, 4) is 0 Å². The minimum absolute atomic E-state index is 0.0175. The molecular weight excluding hydrogens is 238 g/mol. The van der Waals surface area contributed by atoms with Gasteiger partial charge in [-0.15, -0.1) is 0 Å². The first-order valence-corrected chi connectivity index (χ1v) is 6.34. The van der Waals surface area contributed by atoms with Crippen molar-refractivity contribution in [2.24, 2.45) is 5.92 Å². The zero-order valence-corrected chi connectivity index (χ0v) is 11.0. The van der Waals surface area contributed by atoms with Crippen LogP contribution in [0.25, 0.3) is 0 Å². The van der Waals surface area contributed by atoms with Crippen LogP contribution in [0.4, 0.5) is 5.82 Å². The van der Waals surface area contributed by atoms with Gasteiger partial charge in [-0.1, -0.05) is 38.3 Å². The Hall–Kier alpha value is -1.16. The van der Waals surface area contributed by atoms with Crippen molar-refractivity contribution in [3.63, 3.8) is 0 Å². The van der Waals surface area contributed by atoms with Crippen LogP contribution >= 0.6 is 11.6 Å². The number of rotatable bonds is 6. The molecule has 0 aliphatic carbocycles. The summed E-state index contributed by atoms with van der Waals surface area (Å²) < 4.78 is 0. The lowest BCUT2D eigenvalue weighted by molar-refractivity contribution is -0.120. The number of amides is 1. The lowest BCUT2D eigenvalue weighted by atomic mass is 9.97. The zero-order valence-electron chi connectivity index (χ0n) is 10.2. The molecule has 0 saturated carbocycles. The number of nitrogens with one attached hydrogen (secondary N) is 1. The first-order valence-electron chi connectivity index (χ1n) is 5.96. The highest BCUT2D eigenvalue weighted by Gasteiger charge is 2.18. The van der Waals surface area contributed by atoms with E-state index in [0.717, 1.165) is 25.7 Å². The summed E-state index contributed by atoms with van der Waals surface area (Å²) >= 11 is 5.84. The first kappa shape index (κ1) is 13.9. The van der Waals surface area contributed by atoms with Gasteiger partial charge in [0.15, 0.2) is 11.0 Å². The summed E-state index contributed by atoms with van der Waals surface area (Å²) in [5.41, 5.74) is 0. The van der Waals surface area contributed by atoms with Crippen LogP contribution in [0.5, 0.6) is 0 Å². The largest absolute Gasteiger partial charge is 0.308 e. The molecule has 0 radical (unpaired) electrons. The monoisotopic (exact) mass is 255 g/mol. The summed E-state index contributed by atoms with van der Waals surface area (Å²) in [6, 6.07) is 0. The minimum Gasteiger partial charge on any atom is -0.308 e. The Morgan fingerprint density at radius 2 is 1.88 bits per heavy atom. The number of halogens is 1. The maximum Gasteiger partial charge on any atom is 0.228 e. The number of carbonyl (C=O) groups excluding carboxylic acids is 1. The second kappa shape index (κ2) is 7.22.